The molecule has 0 aliphatic carbocycles. The van der Waals surface area contributed by atoms with Crippen molar-refractivity contribution in [3.05, 3.63) is 124 Å². The highest BCUT2D eigenvalue weighted by atomic mass is 35.5. The fourth-order valence-electron chi connectivity index (χ4n) is 5.36. The Labute approximate surface area is 301 Å². The van der Waals surface area contributed by atoms with Gasteiger partial charge in [0.2, 0.25) is 5.91 Å². The number of ketones is 1. The first kappa shape index (κ1) is 39.3. The van der Waals surface area contributed by atoms with Crippen molar-refractivity contribution < 1.29 is 40.5 Å². The number of Topliss-reactive ketones (excluding diaryl/α,β-unsaturated/α-hetero) is 1. The van der Waals surface area contributed by atoms with Crippen LogP contribution in [0.1, 0.15) is 72.1 Å². The van der Waals surface area contributed by atoms with E-state index in [0.29, 0.717) is 27.3 Å². The average Bonchev–Trinajstić information content (AvgIpc) is 3.02. The molecule has 0 aromatic heterocycles. The van der Waals surface area contributed by atoms with Crippen LogP contribution >= 0.6 is 11.6 Å². The lowest BCUT2D eigenvalue weighted by atomic mass is 9.89. The Kier molecular flexibility index (Phi) is 12.5. The van der Waals surface area contributed by atoms with Crippen molar-refractivity contribution in [2.45, 2.75) is 59.2 Å². The van der Waals surface area contributed by atoms with Gasteiger partial charge in [0.25, 0.3) is 10.1 Å². The van der Waals surface area contributed by atoms with Gasteiger partial charge in [0.1, 0.15) is 5.75 Å². The van der Waals surface area contributed by atoms with Crippen molar-refractivity contribution >= 4 is 45.2 Å². The first-order valence-corrected chi connectivity index (χ1v) is 18.1. The van der Waals surface area contributed by atoms with E-state index in [2.05, 4.69) is 36.9 Å². The van der Waals surface area contributed by atoms with Crippen LogP contribution in [0.25, 0.3) is 17.2 Å². The fourth-order valence-corrected chi connectivity index (χ4v) is 6.10. The molecule has 4 aromatic carbocycles. The number of aryl methyl sites for hydroxylation is 1. The summed E-state index contributed by atoms with van der Waals surface area (Å²) in [6.45, 7) is 7.95. The van der Waals surface area contributed by atoms with E-state index in [1.807, 2.05) is 30.3 Å². The van der Waals surface area contributed by atoms with Gasteiger partial charge in [0.05, 0.1) is 11.7 Å². The van der Waals surface area contributed by atoms with Crippen LogP contribution in [0.2, 0.25) is 5.02 Å². The number of rotatable bonds is 13. The molecule has 0 aliphatic rings. The van der Waals surface area contributed by atoms with Crippen molar-refractivity contribution in [3.63, 3.8) is 0 Å². The van der Waals surface area contributed by atoms with E-state index in [4.69, 9.17) is 16.2 Å². The Morgan fingerprint density at radius 1 is 0.922 bits per heavy atom. The van der Waals surface area contributed by atoms with Crippen LogP contribution in [-0.4, -0.2) is 36.8 Å². The molecule has 7 nitrogen and oxygen atoms in total. The van der Waals surface area contributed by atoms with E-state index in [1.165, 1.54) is 12.1 Å². The highest BCUT2D eigenvalue weighted by molar-refractivity contribution is 7.85. The van der Waals surface area contributed by atoms with E-state index >= 15 is 0 Å². The summed E-state index contributed by atoms with van der Waals surface area (Å²) in [6.07, 6.45) is -0.743. The minimum Gasteiger partial charge on any atom is -0.405 e. The first-order valence-electron chi connectivity index (χ1n) is 16.1. The smallest absolute Gasteiger partial charge is 0.405 e. The lowest BCUT2D eigenvalue weighted by molar-refractivity contribution is -0.274. The molecule has 0 heterocycles. The predicted molar refractivity (Wildman–Crippen MR) is 195 cm³/mol. The van der Waals surface area contributed by atoms with E-state index in [-0.39, 0.29) is 41.7 Å². The Balaban J connectivity index is 1.65. The number of ether oxygens (including phenoxy) is 1. The van der Waals surface area contributed by atoms with Gasteiger partial charge in [-0.3, -0.25) is 14.1 Å². The number of allylic oxidation sites excluding steroid dienone is 1. The molecule has 2 N–H and O–H groups in total. The topological polar surface area (TPSA) is 110 Å². The molecule has 0 bridgehead atoms. The lowest BCUT2D eigenvalue weighted by Gasteiger charge is -2.20. The van der Waals surface area contributed by atoms with Gasteiger partial charge >= 0.3 is 6.36 Å². The van der Waals surface area contributed by atoms with Crippen molar-refractivity contribution in [3.8, 4) is 16.9 Å². The quantitative estimate of drug-likeness (QED) is 0.104. The summed E-state index contributed by atoms with van der Waals surface area (Å²) in [5.41, 5.74) is 4.10. The van der Waals surface area contributed by atoms with Crippen molar-refractivity contribution in [2.75, 3.05) is 11.1 Å². The summed E-state index contributed by atoms with van der Waals surface area (Å²) in [6, 6.07) is 22.8. The largest absolute Gasteiger partial charge is 0.573 e. The number of carbonyl (C=O) groups is 2. The molecule has 0 radical (unpaired) electrons. The maximum absolute atomic E-state index is 14.0. The second-order valence-corrected chi connectivity index (χ2v) is 15.3. The third-order valence-corrected chi connectivity index (χ3v) is 8.94. The second-order valence-electron chi connectivity index (χ2n) is 13.3. The lowest BCUT2D eigenvalue weighted by Crippen LogP contribution is -2.23. The molecule has 1 unspecified atom stereocenters. The number of hydrogen-bond donors (Lipinski definition) is 2. The van der Waals surface area contributed by atoms with Gasteiger partial charge in [-0.25, -0.2) is 0 Å². The van der Waals surface area contributed by atoms with Gasteiger partial charge in [-0.2, -0.15) is 8.42 Å². The maximum atomic E-state index is 14.0. The molecule has 270 valence electrons. The summed E-state index contributed by atoms with van der Waals surface area (Å²) in [4.78, 5) is 26.6. The Morgan fingerprint density at radius 2 is 1.59 bits per heavy atom. The Bertz CT molecular complexity index is 2000. The average molecular weight is 742 g/mol. The summed E-state index contributed by atoms with van der Waals surface area (Å²) in [5, 5.41) is 3.29. The van der Waals surface area contributed by atoms with Crippen LogP contribution in [-0.2, 0) is 21.3 Å². The monoisotopic (exact) mass is 741 g/mol. The predicted octanol–water partition coefficient (Wildman–Crippen LogP) is 10.1. The first-order chi connectivity index (χ1) is 23.8. The Morgan fingerprint density at radius 3 is 2.18 bits per heavy atom. The van der Waals surface area contributed by atoms with Gasteiger partial charge in [0, 0.05) is 28.3 Å². The van der Waals surface area contributed by atoms with Crippen molar-refractivity contribution in [2.24, 2.45) is 5.41 Å². The molecule has 0 fully saturated rings. The number of alkyl halides is 3. The van der Waals surface area contributed by atoms with Gasteiger partial charge < -0.3 is 10.1 Å². The molecule has 0 saturated heterocycles. The molecule has 0 saturated carbocycles. The minimum absolute atomic E-state index is 0.0226. The highest BCUT2D eigenvalue weighted by Crippen LogP contribution is 2.38. The molecule has 4 aromatic rings. The molecular weight excluding hydrogens is 703 g/mol. The molecular formula is C39H39ClF3NO6S. The summed E-state index contributed by atoms with van der Waals surface area (Å²) >= 11 is 6.10. The highest BCUT2D eigenvalue weighted by Gasteiger charge is 2.33. The zero-order chi connectivity index (χ0) is 37.6. The number of halogens is 4. The van der Waals surface area contributed by atoms with Gasteiger partial charge in [-0.05, 0) is 83.3 Å². The van der Waals surface area contributed by atoms with Crippen LogP contribution in [0.5, 0.6) is 5.75 Å². The summed E-state index contributed by atoms with van der Waals surface area (Å²) in [5.74, 6) is -2.40. The van der Waals surface area contributed by atoms with Gasteiger partial charge in [-0.1, -0.05) is 99.1 Å². The van der Waals surface area contributed by atoms with Crippen LogP contribution in [0.3, 0.4) is 0 Å². The summed E-state index contributed by atoms with van der Waals surface area (Å²) in [7, 11) is -4.17. The fraction of sp³-hybridized carbons (Fsp3) is 0.282. The number of nitrogens with one attached hydrogen (secondary N) is 1. The number of hydrogen-bond acceptors (Lipinski definition) is 5. The van der Waals surface area contributed by atoms with Crippen LogP contribution < -0.4 is 10.1 Å². The molecule has 12 heteroatoms. The third kappa shape index (κ3) is 12.4. The number of carbonyl (C=O) groups excluding carboxylic acids is 2. The Hall–Kier alpha value is -4.45. The molecule has 4 rings (SSSR count). The normalized spacial score (nSPS) is 12.9. The SMILES string of the molecule is Cc1cc(Cl)ccc1-c1cc(NC(=O)C(Cc2ccc(C(=O)CCCS(=O)(=O)O)cc2)c2ccc(/C=C/C(C)(C)C)cc2)ccc1OC(F)(F)F. The second kappa shape index (κ2) is 16.3. The molecule has 0 spiro atoms. The van der Waals surface area contributed by atoms with Crippen molar-refractivity contribution in [1.82, 2.24) is 0 Å². The number of benzene rings is 4. The van der Waals surface area contributed by atoms with Crippen LogP contribution in [0, 0.1) is 12.3 Å². The van der Waals surface area contributed by atoms with Gasteiger partial charge in [-0.15, -0.1) is 13.2 Å². The molecule has 1 amide bonds. The van der Waals surface area contributed by atoms with Gasteiger partial charge in [0.15, 0.2) is 5.78 Å². The van der Waals surface area contributed by atoms with Crippen LogP contribution in [0.15, 0.2) is 91.0 Å². The zero-order valence-corrected chi connectivity index (χ0v) is 30.1. The van der Waals surface area contributed by atoms with Crippen molar-refractivity contribution in [1.29, 1.82) is 0 Å². The molecule has 0 aliphatic heterocycles. The van der Waals surface area contributed by atoms with Crippen LogP contribution in [0.4, 0.5) is 18.9 Å². The van der Waals surface area contributed by atoms with E-state index in [1.54, 1.807) is 49.4 Å². The minimum atomic E-state index is -4.95. The number of amides is 1. The molecule has 51 heavy (non-hydrogen) atoms. The third-order valence-electron chi connectivity index (χ3n) is 7.90. The standard InChI is InChI=1S/C39H39ClF3NO6S/c1-25-22-30(40)15-17-32(25)34-24-31(16-18-36(34)50-39(41,42)43)44-37(46)33(28-11-7-26(8-12-28)19-20-38(2,3)4)23-27-9-13-29(14-10-27)35(45)6-5-21-51(47,48)49/h7-20,22,24,33H,5-6,21,23H2,1-4H3,(H,44,46)(H,47,48,49)/b20-19+. The summed E-state index contributed by atoms with van der Waals surface area (Å²) < 4.78 is 75.3. The van der Waals surface area contributed by atoms with E-state index in [0.717, 1.165) is 17.2 Å². The molecule has 1 atom stereocenters. The maximum Gasteiger partial charge on any atom is 0.573 e. The van der Waals surface area contributed by atoms with E-state index in [9.17, 15) is 31.2 Å². The van der Waals surface area contributed by atoms with E-state index < -0.39 is 39.8 Å². The number of anilines is 1. The zero-order valence-electron chi connectivity index (χ0n) is 28.6.